The fraction of sp³-hybridized carbons (Fsp3) is 0.292. The van der Waals surface area contributed by atoms with Gasteiger partial charge < -0.3 is 19.5 Å². The molecule has 1 aromatic heterocycles. The smallest absolute Gasteiger partial charge is 0.226 e. The van der Waals surface area contributed by atoms with Crippen molar-refractivity contribution in [2.75, 3.05) is 25.5 Å². The number of carbonyl (C=O) groups is 1. The van der Waals surface area contributed by atoms with E-state index in [-0.39, 0.29) is 11.4 Å². The number of hydrogen-bond donors (Lipinski definition) is 1. The van der Waals surface area contributed by atoms with Crippen LogP contribution in [0.1, 0.15) is 24.1 Å². The summed E-state index contributed by atoms with van der Waals surface area (Å²) in [6.45, 7) is 1.52. The fourth-order valence-corrected chi connectivity index (χ4v) is 4.64. The van der Waals surface area contributed by atoms with Crippen molar-refractivity contribution >= 4 is 11.6 Å². The molecule has 0 bridgehead atoms. The van der Waals surface area contributed by atoms with Gasteiger partial charge in [-0.1, -0.05) is 24.3 Å². The van der Waals surface area contributed by atoms with Gasteiger partial charge in [-0.25, -0.2) is 0 Å². The molecule has 1 fully saturated rings. The van der Waals surface area contributed by atoms with Gasteiger partial charge in [0, 0.05) is 25.0 Å². The van der Waals surface area contributed by atoms with E-state index in [0.29, 0.717) is 6.42 Å². The van der Waals surface area contributed by atoms with Gasteiger partial charge in [-0.05, 0) is 54.8 Å². The SMILES string of the molecule is COc1ccc(CC(=O)N2CCC3(CC2)Nc2ccccc2-n2cccc23)cc1. The molecule has 3 aromatic rings. The number of likely N-dealkylation sites (tertiary alicyclic amines) is 1. The minimum absolute atomic E-state index is 0.116. The van der Waals surface area contributed by atoms with Crippen molar-refractivity contribution in [2.24, 2.45) is 0 Å². The van der Waals surface area contributed by atoms with E-state index in [9.17, 15) is 4.79 Å². The molecule has 0 radical (unpaired) electrons. The highest BCUT2D eigenvalue weighted by molar-refractivity contribution is 5.79. The largest absolute Gasteiger partial charge is 0.497 e. The van der Waals surface area contributed by atoms with Crippen molar-refractivity contribution < 1.29 is 9.53 Å². The first-order valence-electron chi connectivity index (χ1n) is 10.1. The quantitative estimate of drug-likeness (QED) is 0.740. The van der Waals surface area contributed by atoms with E-state index < -0.39 is 0 Å². The van der Waals surface area contributed by atoms with Crippen LogP contribution in [0.25, 0.3) is 5.69 Å². The molecule has 1 spiro atoms. The van der Waals surface area contributed by atoms with E-state index in [0.717, 1.165) is 42.9 Å². The minimum atomic E-state index is -0.116. The Balaban J connectivity index is 1.31. The normalized spacial score (nSPS) is 16.7. The second kappa shape index (κ2) is 6.99. The summed E-state index contributed by atoms with van der Waals surface area (Å²) >= 11 is 0. The average Bonchev–Trinajstić information content (AvgIpc) is 3.26. The van der Waals surface area contributed by atoms with Gasteiger partial charge in [0.1, 0.15) is 5.75 Å². The molecule has 0 atom stereocenters. The number of benzene rings is 2. The lowest BCUT2D eigenvalue weighted by Gasteiger charge is -2.46. The van der Waals surface area contributed by atoms with Crippen molar-refractivity contribution in [3.63, 3.8) is 0 Å². The Morgan fingerprint density at radius 1 is 1.03 bits per heavy atom. The van der Waals surface area contributed by atoms with Crippen molar-refractivity contribution in [2.45, 2.75) is 24.8 Å². The van der Waals surface area contributed by atoms with Gasteiger partial charge in [0.05, 0.1) is 30.4 Å². The first-order valence-corrected chi connectivity index (χ1v) is 10.1. The van der Waals surface area contributed by atoms with E-state index in [1.54, 1.807) is 7.11 Å². The van der Waals surface area contributed by atoms with Crippen LogP contribution in [0.4, 0.5) is 5.69 Å². The lowest BCUT2D eigenvalue weighted by Crippen LogP contribution is -2.51. The Bertz CT molecular complexity index is 1030. The number of rotatable bonds is 3. The zero-order valence-corrected chi connectivity index (χ0v) is 16.6. The first-order chi connectivity index (χ1) is 14.2. The summed E-state index contributed by atoms with van der Waals surface area (Å²) in [5.41, 5.74) is 4.55. The molecule has 29 heavy (non-hydrogen) atoms. The number of methoxy groups -OCH3 is 1. The van der Waals surface area contributed by atoms with Gasteiger partial charge in [0.25, 0.3) is 0 Å². The third kappa shape index (κ3) is 3.07. The van der Waals surface area contributed by atoms with Crippen LogP contribution < -0.4 is 10.1 Å². The predicted molar refractivity (Wildman–Crippen MR) is 114 cm³/mol. The molecule has 5 rings (SSSR count). The third-order valence-electron chi connectivity index (χ3n) is 6.26. The molecule has 2 aliphatic rings. The van der Waals surface area contributed by atoms with Crippen molar-refractivity contribution in [1.82, 2.24) is 9.47 Å². The van der Waals surface area contributed by atoms with Crippen LogP contribution in [0.2, 0.25) is 0 Å². The second-order valence-corrected chi connectivity index (χ2v) is 7.89. The number of hydrogen-bond acceptors (Lipinski definition) is 3. The van der Waals surface area contributed by atoms with Crippen LogP contribution in [0.5, 0.6) is 5.75 Å². The van der Waals surface area contributed by atoms with Crippen LogP contribution in [0.3, 0.4) is 0 Å². The number of fused-ring (bicyclic) bond motifs is 4. The molecule has 1 saturated heterocycles. The summed E-state index contributed by atoms with van der Waals surface area (Å²) < 4.78 is 7.49. The van der Waals surface area contributed by atoms with E-state index in [2.05, 4.69) is 52.5 Å². The highest BCUT2D eigenvalue weighted by atomic mass is 16.5. The summed E-state index contributed by atoms with van der Waals surface area (Å²) in [7, 11) is 1.65. The van der Waals surface area contributed by atoms with Crippen LogP contribution in [-0.2, 0) is 16.8 Å². The number of aromatic nitrogens is 1. The molecular formula is C24H25N3O2. The zero-order chi connectivity index (χ0) is 19.8. The van der Waals surface area contributed by atoms with E-state index in [1.165, 1.54) is 11.4 Å². The number of para-hydroxylation sites is 2. The third-order valence-corrected chi connectivity index (χ3v) is 6.26. The average molecular weight is 387 g/mol. The topological polar surface area (TPSA) is 46.5 Å². The number of ether oxygens (including phenoxy) is 1. The number of amides is 1. The molecular weight excluding hydrogens is 362 g/mol. The molecule has 2 aliphatic heterocycles. The first kappa shape index (κ1) is 17.9. The zero-order valence-electron chi connectivity index (χ0n) is 16.6. The molecule has 1 N–H and O–H groups in total. The van der Waals surface area contributed by atoms with E-state index in [1.807, 2.05) is 29.2 Å². The van der Waals surface area contributed by atoms with Crippen LogP contribution >= 0.6 is 0 Å². The second-order valence-electron chi connectivity index (χ2n) is 7.89. The highest BCUT2D eigenvalue weighted by Gasteiger charge is 2.42. The van der Waals surface area contributed by atoms with Crippen molar-refractivity contribution in [3.05, 3.63) is 78.1 Å². The maximum Gasteiger partial charge on any atom is 0.226 e. The summed E-state index contributed by atoms with van der Waals surface area (Å²) in [6, 6.07) is 20.5. The van der Waals surface area contributed by atoms with Crippen molar-refractivity contribution in [1.29, 1.82) is 0 Å². The molecule has 2 aromatic carbocycles. The molecule has 5 heteroatoms. The Morgan fingerprint density at radius 2 is 1.79 bits per heavy atom. The van der Waals surface area contributed by atoms with Crippen LogP contribution in [0, 0.1) is 0 Å². The molecule has 1 amide bonds. The van der Waals surface area contributed by atoms with Gasteiger partial charge in [-0.15, -0.1) is 0 Å². The monoisotopic (exact) mass is 387 g/mol. The maximum absolute atomic E-state index is 12.9. The molecule has 3 heterocycles. The Labute approximate surface area is 170 Å². The number of piperidine rings is 1. The number of anilines is 1. The van der Waals surface area contributed by atoms with Crippen LogP contribution in [-0.4, -0.2) is 35.6 Å². The molecule has 0 unspecified atom stereocenters. The van der Waals surface area contributed by atoms with Crippen LogP contribution in [0.15, 0.2) is 66.9 Å². The van der Waals surface area contributed by atoms with Gasteiger partial charge in [-0.3, -0.25) is 4.79 Å². The summed E-state index contributed by atoms with van der Waals surface area (Å²) in [4.78, 5) is 14.9. The van der Waals surface area contributed by atoms with E-state index in [4.69, 9.17) is 4.74 Å². The minimum Gasteiger partial charge on any atom is -0.497 e. The van der Waals surface area contributed by atoms with Gasteiger partial charge in [0.2, 0.25) is 5.91 Å². The standard InChI is InChI=1S/C24H25N3O2/c1-29-19-10-8-18(9-11-19)17-23(28)26-15-12-24(13-16-26)22-7-4-14-27(22)21-6-3-2-5-20(21)25-24/h2-11,14,25H,12-13,15-17H2,1H3. The molecule has 0 saturated carbocycles. The Hall–Kier alpha value is -3.21. The highest BCUT2D eigenvalue weighted by Crippen LogP contribution is 2.43. The Kier molecular flexibility index (Phi) is 4.31. The van der Waals surface area contributed by atoms with Gasteiger partial charge in [-0.2, -0.15) is 0 Å². The lowest BCUT2D eigenvalue weighted by atomic mass is 9.82. The number of carbonyl (C=O) groups excluding carboxylic acids is 1. The maximum atomic E-state index is 12.9. The summed E-state index contributed by atoms with van der Waals surface area (Å²) in [5, 5.41) is 3.80. The van der Waals surface area contributed by atoms with Crippen molar-refractivity contribution in [3.8, 4) is 11.4 Å². The molecule has 0 aliphatic carbocycles. The van der Waals surface area contributed by atoms with E-state index >= 15 is 0 Å². The lowest BCUT2D eigenvalue weighted by molar-refractivity contribution is -0.132. The Morgan fingerprint density at radius 3 is 2.55 bits per heavy atom. The fourth-order valence-electron chi connectivity index (χ4n) is 4.64. The van der Waals surface area contributed by atoms with Gasteiger partial charge >= 0.3 is 0 Å². The number of nitrogens with zero attached hydrogens (tertiary/aromatic N) is 2. The molecule has 148 valence electrons. The predicted octanol–water partition coefficient (Wildman–Crippen LogP) is 3.97. The number of nitrogens with one attached hydrogen (secondary N) is 1. The van der Waals surface area contributed by atoms with Gasteiger partial charge in [0.15, 0.2) is 0 Å². The summed E-state index contributed by atoms with van der Waals surface area (Å²) in [5.74, 6) is 1.00. The summed E-state index contributed by atoms with van der Waals surface area (Å²) in [6.07, 6.45) is 4.38. The molecule has 5 nitrogen and oxygen atoms in total.